The molecule has 11 nitrogen and oxygen atoms in total. The van der Waals surface area contributed by atoms with Crippen molar-refractivity contribution in [2.45, 2.75) is 39.2 Å². The van der Waals surface area contributed by atoms with Gasteiger partial charge >= 0.3 is 5.97 Å². The van der Waals surface area contributed by atoms with E-state index in [1.807, 2.05) is 12.1 Å². The van der Waals surface area contributed by atoms with E-state index in [1.54, 1.807) is 51.2 Å². The second-order valence-electron chi connectivity index (χ2n) is 9.78. The van der Waals surface area contributed by atoms with E-state index in [0.29, 0.717) is 28.3 Å². The molecular weight excluding hydrogens is 488 g/mol. The molecule has 0 spiro atoms. The minimum Gasteiger partial charge on any atom is -0.494 e. The van der Waals surface area contributed by atoms with E-state index < -0.39 is 17.5 Å². The van der Waals surface area contributed by atoms with Crippen LogP contribution >= 0.6 is 0 Å². The zero-order chi connectivity index (χ0) is 27.4. The molecule has 0 atom stereocenters. The zero-order valence-corrected chi connectivity index (χ0v) is 21.9. The Bertz CT molecular complexity index is 1360. The number of nitrogens with zero attached hydrogens (tertiary/aromatic N) is 3. The number of rotatable bonds is 8. The number of methoxy groups -OCH3 is 1. The van der Waals surface area contributed by atoms with E-state index in [4.69, 9.17) is 9.47 Å². The van der Waals surface area contributed by atoms with Crippen LogP contribution in [0.3, 0.4) is 0 Å². The molecule has 2 heterocycles. The first kappa shape index (κ1) is 26.5. The maximum atomic E-state index is 12.5. The van der Waals surface area contributed by atoms with Crippen LogP contribution in [0.25, 0.3) is 11.1 Å². The molecular formula is C27H30N6O5. The summed E-state index contributed by atoms with van der Waals surface area (Å²) in [7, 11) is 3.02. The molecule has 2 amide bonds. The Hall–Kier alpha value is -4.54. The first-order chi connectivity index (χ1) is 18.1. The molecule has 4 rings (SSSR count). The standard InChI is InChI=1S/C27H30N6O5/c1-27(2,3)38-26(36)19-12-11-16(14-29-19)17-7-6-8-18(23(17)37-5)30-20-13-21(31-24(34)15-9-10-15)32-33-22(20)25(35)28-4/h6-8,11-15H,9-10H2,1-5H3,(H,28,35)(H2,30,31,32,34). The number of amides is 2. The molecule has 198 valence electrons. The first-order valence-corrected chi connectivity index (χ1v) is 12.1. The Balaban J connectivity index is 1.65. The molecule has 38 heavy (non-hydrogen) atoms. The fourth-order valence-corrected chi connectivity index (χ4v) is 3.64. The highest BCUT2D eigenvalue weighted by atomic mass is 16.6. The number of esters is 1. The van der Waals surface area contributed by atoms with Crippen LogP contribution in [0.4, 0.5) is 17.2 Å². The monoisotopic (exact) mass is 518 g/mol. The molecule has 2 aromatic heterocycles. The minimum atomic E-state index is -0.628. The third-order valence-electron chi connectivity index (χ3n) is 5.61. The van der Waals surface area contributed by atoms with Gasteiger partial charge in [0, 0.05) is 36.4 Å². The predicted octanol–water partition coefficient (Wildman–Crippen LogP) is 3.95. The van der Waals surface area contributed by atoms with Crippen LogP contribution in [0.2, 0.25) is 0 Å². The van der Waals surface area contributed by atoms with Crippen molar-refractivity contribution in [3.8, 4) is 16.9 Å². The van der Waals surface area contributed by atoms with Gasteiger partial charge in [0.2, 0.25) is 5.91 Å². The van der Waals surface area contributed by atoms with Gasteiger partial charge in [-0.05, 0) is 45.7 Å². The number of ether oxygens (including phenoxy) is 2. The number of pyridine rings is 1. The van der Waals surface area contributed by atoms with Crippen LogP contribution in [-0.4, -0.2) is 52.7 Å². The summed E-state index contributed by atoms with van der Waals surface area (Å²) in [6.07, 6.45) is 3.26. The molecule has 1 aromatic carbocycles. The van der Waals surface area contributed by atoms with E-state index in [-0.39, 0.29) is 29.0 Å². The lowest BCUT2D eigenvalue weighted by Crippen LogP contribution is -2.24. The fourth-order valence-electron chi connectivity index (χ4n) is 3.64. The first-order valence-electron chi connectivity index (χ1n) is 12.1. The van der Waals surface area contributed by atoms with Gasteiger partial charge in [-0.3, -0.25) is 9.59 Å². The van der Waals surface area contributed by atoms with Gasteiger partial charge in [0.05, 0.1) is 18.5 Å². The van der Waals surface area contributed by atoms with Crippen molar-refractivity contribution in [2.75, 3.05) is 24.8 Å². The number of hydrogen-bond acceptors (Lipinski definition) is 9. The summed E-state index contributed by atoms with van der Waals surface area (Å²) in [6, 6.07) is 10.3. The van der Waals surface area contributed by atoms with Crippen molar-refractivity contribution in [2.24, 2.45) is 5.92 Å². The molecule has 0 saturated heterocycles. The number of nitrogens with one attached hydrogen (secondary N) is 3. The smallest absolute Gasteiger partial charge is 0.357 e. The molecule has 1 saturated carbocycles. The quantitative estimate of drug-likeness (QED) is 0.377. The average molecular weight is 519 g/mol. The lowest BCUT2D eigenvalue weighted by atomic mass is 10.0. The van der Waals surface area contributed by atoms with Crippen molar-refractivity contribution in [1.82, 2.24) is 20.5 Å². The Morgan fingerprint density at radius 1 is 1.03 bits per heavy atom. The lowest BCUT2D eigenvalue weighted by molar-refractivity contribution is -0.117. The molecule has 0 unspecified atom stereocenters. The average Bonchev–Trinajstić information content (AvgIpc) is 3.73. The van der Waals surface area contributed by atoms with Gasteiger partial charge < -0.3 is 25.4 Å². The van der Waals surface area contributed by atoms with E-state index in [1.165, 1.54) is 14.2 Å². The molecule has 11 heteroatoms. The molecule has 0 aliphatic heterocycles. The van der Waals surface area contributed by atoms with E-state index in [0.717, 1.165) is 12.8 Å². The summed E-state index contributed by atoms with van der Waals surface area (Å²) in [6.45, 7) is 5.38. The van der Waals surface area contributed by atoms with Crippen molar-refractivity contribution in [3.63, 3.8) is 0 Å². The number of benzene rings is 1. The van der Waals surface area contributed by atoms with Crippen LogP contribution in [0.15, 0.2) is 42.6 Å². The topological polar surface area (TPSA) is 144 Å². The summed E-state index contributed by atoms with van der Waals surface area (Å²) < 4.78 is 11.1. The Morgan fingerprint density at radius 3 is 2.39 bits per heavy atom. The van der Waals surface area contributed by atoms with Gasteiger partial charge in [0.25, 0.3) is 5.91 Å². The highest BCUT2D eigenvalue weighted by Gasteiger charge is 2.30. The Kier molecular flexibility index (Phi) is 7.56. The van der Waals surface area contributed by atoms with Gasteiger partial charge in [0.15, 0.2) is 11.5 Å². The van der Waals surface area contributed by atoms with E-state index in [9.17, 15) is 14.4 Å². The molecule has 1 fully saturated rings. The maximum absolute atomic E-state index is 12.5. The summed E-state index contributed by atoms with van der Waals surface area (Å²) >= 11 is 0. The normalized spacial score (nSPS) is 12.9. The molecule has 1 aliphatic rings. The van der Waals surface area contributed by atoms with Crippen molar-refractivity contribution in [1.29, 1.82) is 0 Å². The van der Waals surface area contributed by atoms with E-state index in [2.05, 4.69) is 31.1 Å². The van der Waals surface area contributed by atoms with Gasteiger partial charge in [-0.15, -0.1) is 10.2 Å². The van der Waals surface area contributed by atoms with Gasteiger partial charge in [-0.25, -0.2) is 9.78 Å². The summed E-state index contributed by atoms with van der Waals surface area (Å²) in [5.41, 5.74) is 1.89. The number of carbonyl (C=O) groups is 3. The van der Waals surface area contributed by atoms with Crippen molar-refractivity contribution in [3.05, 3.63) is 54.0 Å². The number of hydrogen-bond donors (Lipinski definition) is 3. The second-order valence-corrected chi connectivity index (χ2v) is 9.78. The number of aromatic nitrogens is 3. The molecule has 0 bridgehead atoms. The third kappa shape index (κ3) is 6.23. The fraction of sp³-hybridized carbons (Fsp3) is 0.333. The molecule has 3 N–H and O–H groups in total. The Morgan fingerprint density at radius 2 is 1.79 bits per heavy atom. The summed E-state index contributed by atoms with van der Waals surface area (Å²) in [5.74, 6) is -0.393. The van der Waals surface area contributed by atoms with Crippen LogP contribution in [0, 0.1) is 5.92 Å². The predicted molar refractivity (Wildman–Crippen MR) is 141 cm³/mol. The third-order valence-corrected chi connectivity index (χ3v) is 5.61. The summed E-state index contributed by atoms with van der Waals surface area (Å²) in [4.78, 5) is 41.3. The molecule has 1 aliphatic carbocycles. The lowest BCUT2D eigenvalue weighted by Gasteiger charge is -2.19. The SMILES string of the molecule is CNC(=O)c1nnc(NC(=O)C2CC2)cc1Nc1cccc(-c2ccc(C(=O)OC(C)(C)C)nc2)c1OC. The van der Waals surface area contributed by atoms with Crippen LogP contribution < -0.4 is 20.7 Å². The largest absolute Gasteiger partial charge is 0.494 e. The maximum Gasteiger partial charge on any atom is 0.357 e. The minimum absolute atomic E-state index is 0.0149. The van der Waals surface area contributed by atoms with Crippen LogP contribution in [-0.2, 0) is 9.53 Å². The van der Waals surface area contributed by atoms with Gasteiger partial charge in [-0.1, -0.05) is 18.2 Å². The molecule has 3 aromatic rings. The van der Waals surface area contributed by atoms with Crippen molar-refractivity contribution < 1.29 is 23.9 Å². The summed E-state index contributed by atoms with van der Waals surface area (Å²) in [5, 5.41) is 16.5. The second kappa shape index (κ2) is 10.8. The van der Waals surface area contributed by atoms with Crippen LogP contribution in [0.5, 0.6) is 5.75 Å². The number of para-hydroxylation sites is 1. The van der Waals surface area contributed by atoms with Gasteiger partial charge in [-0.2, -0.15) is 0 Å². The molecule has 0 radical (unpaired) electrons. The van der Waals surface area contributed by atoms with Gasteiger partial charge in [0.1, 0.15) is 17.0 Å². The van der Waals surface area contributed by atoms with Crippen LogP contribution in [0.1, 0.15) is 54.6 Å². The highest BCUT2D eigenvalue weighted by molar-refractivity contribution is 6.00. The zero-order valence-electron chi connectivity index (χ0n) is 21.9. The highest BCUT2D eigenvalue weighted by Crippen LogP contribution is 2.38. The van der Waals surface area contributed by atoms with Crippen molar-refractivity contribution >= 4 is 35.0 Å². The Labute approximate surface area is 220 Å². The van der Waals surface area contributed by atoms with E-state index >= 15 is 0 Å². The number of anilines is 3. The number of carbonyl (C=O) groups excluding carboxylic acids is 3.